The second-order valence-corrected chi connectivity index (χ2v) is 5.03. The van der Waals surface area contributed by atoms with E-state index in [-0.39, 0.29) is 0 Å². The van der Waals surface area contributed by atoms with Crippen LogP contribution in [0, 0.1) is 5.92 Å². The molecule has 1 heterocycles. The maximum absolute atomic E-state index is 5.58. The van der Waals surface area contributed by atoms with Crippen LogP contribution in [0.25, 0.3) is 0 Å². The molecular weight excluding hydrogens is 212 g/mol. The molecule has 1 rings (SSSR count). The average Bonchev–Trinajstić information content (AvgIpc) is 2.67. The maximum atomic E-state index is 5.58. The number of aromatic nitrogens is 2. The summed E-state index contributed by atoms with van der Waals surface area (Å²) in [5, 5.41) is 4.20. The molecule has 0 aliphatic rings. The number of hydrogen-bond acceptors (Lipinski definition) is 3. The Morgan fingerprint density at radius 3 is 2.71 bits per heavy atom. The third kappa shape index (κ3) is 5.33. The van der Waals surface area contributed by atoms with Crippen molar-refractivity contribution in [2.24, 2.45) is 18.7 Å². The monoisotopic (exact) mass is 238 g/mol. The van der Waals surface area contributed by atoms with Crippen molar-refractivity contribution < 1.29 is 0 Å². The standard InChI is InChI=1S/C13H26N4/c1-12(2)11-17(9-4-7-14)10-6-13-5-8-15-16(13)3/h5,8,12H,4,6-7,9-11,14H2,1-3H3. The minimum absolute atomic E-state index is 0.708. The summed E-state index contributed by atoms with van der Waals surface area (Å²) in [4.78, 5) is 2.50. The summed E-state index contributed by atoms with van der Waals surface area (Å²) in [5.74, 6) is 0.708. The lowest BCUT2D eigenvalue weighted by Gasteiger charge is -2.24. The van der Waals surface area contributed by atoms with Gasteiger partial charge in [0.1, 0.15) is 0 Å². The van der Waals surface area contributed by atoms with Crippen LogP contribution in [-0.4, -0.2) is 40.9 Å². The minimum Gasteiger partial charge on any atom is -0.330 e. The highest BCUT2D eigenvalue weighted by Crippen LogP contribution is 2.04. The number of hydrogen-bond donors (Lipinski definition) is 1. The first-order valence-electron chi connectivity index (χ1n) is 6.52. The minimum atomic E-state index is 0.708. The van der Waals surface area contributed by atoms with Gasteiger partial charge in [0.2, 0.25) is 0 Å². The zero-order valence-electron chi connectivity index (χ0n) is 11.4. The molecule has 98 valence electrons. The van der Waals surface area contributed by atoms with E-state index < -0.39 is 0 Å². The normalized spacial score (nSPS) is 11.6. The van der Waals surface area contributed by atoms with Crippen molar-refractivity contribution in [3.8, 4) is 0 Å². The number of rotatable bonds is 8. The molecule has 0 aromatic carbocycles. The first kappa shape index (κ1) is 14.2. The molecule has 0 unspecified atom stereocenters. The van der Waals surface area contributed by atoms with Gasteiger partial charge in [-0.2, -0.15) is 5.10 Å². The molecule has 0 bridgehead atoms. The van der Waals surface area contributed by atoms with Gasteiger partial charge in [0, 0.05) is 38.4 Å². The van der Waals surface area contributed by atoms with Crippen molar-refractivity contribution in [1.82, 2.24) is 14.7 Å². The first-order chi connectivity index (χ1) is 8.13. The Hall–Kier alpha value is -0.870. The third-order valence-corrected chi connectivity index (χ3v) is 2.91. The molecule has 2 N–H and O–H groups in total. The van der Waals surface area contributed by atoms with Crippen LogP contribution in [0.3, 0.4) is 0 Å². The fourth-order valence-corrected chi connectivity index (χ4v) is 2.04. The van der Waals surface area contributed by atoms with Crippen molar-refractivity contribution in [3.05, 3.63) is 18.0 Å². The quantitative estimate of drug-likeness (QED) is 0.742. The van der Waals surface area contributed by atoms with Crippen LogP contribution in [0.15, 0.2) is 12.3 Å². The van der Waals surface area contributed by atoms with Crippen LogP contribution in [0.4, 0.5) is 0 Å². The Labute approximate surface area is 105 Å². The Morgan fingerprint density at radius 2 is 2.18 bits per heavy atom. The zero-order chi connectivity index (χ0) is 12.7. The highest BCUT2D eigenvalue weighted by atomic mass is 15.3. The molecule has 0 saturated carbocycles. The van der Waals surface area contributed by atoms with Gasteiger partial charge in [0.05, 0.1) is 0 Å². The Bertz CT molecular complexity index is 306. The van der Waals surface area contributed by atoms with E-state index in [1.807, 2.05) is 17.9 Å². The van der Waals surface area contributed by atoms with Crippen LogP contribution in [0.2, 0.25) is 0 Å². The van der Waals surface area contributed by atoms with Gasteiger partial charge >= 0.3 is 0 Å². The van der Waals surface area contributed by atoms with E-state index in [1.165, 1.54) is 5.69 Å². The summed E-state index contributed by atoms with van der Waals surface area (Å²) in [5.41, 5.74) is 6.88. The van der Waals surface area contributed by atoms with Crippen molar-refractivity contribution in [3.63, 3.8) is 0 Å². The van der Waals surface area contributed by atoms with Crippen molar-refractivity contribution in [2.45, 2.75) is 26.7 Å². The molecule has 4 heteroatoms. The van der Waals surface area contributed by atoms with Gasteiger partial charge in [-0.1, -0.05) is 13.8 Å². The predicted octanol–water partition coefficient (Wildman–Crippen LogP) is 1.27. The number of aryl methyl sites for hydroxylation is 1. The van der Waals surface area contributed by atoms with E-state index in [9.17, 15) is 0 Å². The molecule has 4 nitrogen and oxygen atoms in total. The Morgan fingerprint density at radius 1 is 1.41 bits per heavy atom. The molecule has 0 amide bonds. The molecule has 17 heavy (non-hydrogen) atoms. The van der Waals surface area contributed by atoms with Gasteiger partial charge in [0.15, 0.2) is 0 Å². The lowest BCUT2D eigenvalue weighted by Crippen LogP contribution is -2.32. The topological polar surface area (TPSA) is 47.1 Å². The summed E-state index contributed by atoms with van der Waals surface area (Å²) in [6.07, 6.45) is 4.01. The maximum Gasteiger partial charge on any atom is 0.0492 e. The highest BCUT2D eigenvalue weighted by Gasteiger charge is 2.08. The van der Waals surface area contributed by atoms with Crippen LogP contribution in [-0.2, 0) is 13.5 Å². The lowest BCUT2D eigenvalue weighted by atomic mass is 10.2. The van der Waals surface area contributed by atoms with Crippen molar-refractivity contribution in [2.75, 3.05) is 26.2 Å². The summed E-state index contributed by atoms with van der Waals surface area (Å²) < 4.78 is 1.95. The average molecular weight is 238 g/mol. The molecule has 1 aromatic heterocycles. The fourth-order valence-electron chi connectivity index (χ4n) is 2.04. The number of nitrogens with zero attached hydrogens (tertiary/aromatic N) is 3. The highest BCUT2D eigenvalue weighted by molar-refractivity contribution is 5.00. The third-order valence-electron chi connectivity index (χ3n) is 2.91. The second-order valence-electron chi connectivity index (χ2n) is 5.03. The predicted molar refractivity (Wildman–Crippen MR) is 71.9 cm³/mol. The van der Waals surface area contributed by atoms with Gasteiger partial charge in [-0.15, -0.1) is 0 Å². The van der Waals surface area contributed by atoms with Crippen LogP contribution >= 0.6 is 0 Å². The Balaban J connectivity index is 2.40. The summed E-state index contributed by atoms with van der Waals surface area (Å²) in [7, 11) is 2.00. The van der Waals surface area contributed by atoms with E-state index in [4.69, 9.17) is 5.73 Å². The van der Waals surface area contributed by atoms with Gasteiger partial charge < -0.3 is 10.6 Å². The van der Waals surface area contributed by atoms with Crippen LogP contribution in [0.1, 0.15) is 26.0 Å². The number of nitrogens with two attached hydrogens (primary N) is 1. The summed E-state index contributed by atoms with van der Waals surface area (Å²) in [6, 6.07) is 2.09. The molecule has 0 atom stereocenters. The van der Waals surface area contributed by atoms with Gasteiger partial charge in [0.25, 0.3) is 0 Å². The molecular formula is C13H26N4. The van der Waals surface area contributed by atoms with Gasteiger partial charge in [-0.25, -0.2) is 0 Å². The molecule has 0 aliphatic heterocycles. The van der Waals surface area contributed by atoms with E-state index in [1.54, 1.807) is 0 Å². The molecule has 0 saturated heterocycles. The molecule has 0 fully saturated rings. The molecule has 1 aromatic rings. The van der Waals surface area contributed by atoms with Crippen molar-refractivity contribution in [1.29, 1.82) is 0 Å². The smallest absolute Gasteiger partial charge is 0.0492 e. The van der Waals surface area contributed by atoms with Gasteiger partial charge in [-0.3, -0.25) is 4.68 Å². The summed E-state index contributed by atoms with van der Waals surface area (Å²) >= 11 is 0. The zero-order valence-corrected chi connectivity index (χ0v) is 11.4. The van der Waals surface area contributed by atoms with Crippen LogP contribution < -0.4 is 5.73 Å². The van der Waals surface area contributed by atoms with Gasteiger partial charge in [-0.05, 0) is 31.5 Å². The van der Waals surface area contributed by atoms with E-state index in [0.29, 0.717) is 5.92 Å². The molecule has 0 spiro atoms. The largest absolute Gasteiger partial charge is 0.330 e. The molecule has 0 aliphatic carbocycles. The van der Waals surface area contributed by atoms with Crippen LogP contribution in [0.5, 0.6) is 0 Å². The summed E-state index contributed by atoms with van der Waals surface area (Å²) in [6.45, 7) is 8.65. The van der Waals surface area contributed by atoms with Crippen molar-refractivity contribution >= 4 is 0 Å². The first-order valence-corrected chi connectivity index (χ1v) is 6.52. The van der Waals surface area contributed by atoms with E-state index in [2.05, 4.69) is 29.9 Å². The SMILES string of the molecule is CC(C)CN(CCCN)CCc1ccnn1C. The Kier molecular flexibility index (Phi) is 6.22. The fraction of sp³-hybridized carbons (Fsp3) is 0.769. The van der Waals surface area contributed by atoms with E-state index >= 15 is 0 Å². The second kappa shape index (κ2) is 7.45. The lowest BCUT2D eigenvalue weighted by molar-refractivity contribution is 0.244. The molecule has 0 radical (unpaired) electrons. The van der Waals surface area contributed by atoms with E-state index in [0.717, 1.165) is 39.0 Å².